The summed E-state index contributed by atoms with van der Waals surface area (Å²) in [4.78, 5) is 5.01. The molecule has 0 bridgehead atoms. The van der Waals surface area contributed by atoms with E-state index in [1.165, 1.54) is 0 Å². The molecule has 2 aromatic carbocycles. The number of nitriles is 1. The van der Waals surface area contributed by atoms with E-state index in [0.29, 0.717) is 18.8 Å². The van der Waals surface area contributed by atoms with Crippen LogP contribution in [-0.2, 0) is 4.84 Å². The summed E-state index contributed by atoms with van der Waals surface area (Å²) >= 11 is 0. The second-order valence-corrected chi connectivity index (χ2v) is 5.54. The lowest BCUT2D eigenvalue weighted by Crippen LogP contribution is -2.11. The standard InChI is InChI=1S/C20H22N2O3/c1-15(2)20(22-23-3)17-6-10-19(11-7-17)25-13-12-24-18-8-4-16(14-21)5-9-18/h4-11,22H,12-13H2,1-3H3. The summed E-state index contributed by atoms with van der Waals surface area (Å²) in [6.45, 7) is 4.90. The van der Waals surface area contributed by atoms with Crippen molar-refractivity contribution >= 4 is 5.70 Å². The predicted octanol–water partition coefficient (Wildman–Crippen LogP) is 3.92. The van der Waals surface area contributed by atoms with Gasteiger partial charge in [0.15, 0.2) is 0 Å². The van der Waals surface area contributed by atoms with E-state index in [-0.39, 0.29) is 0 Å². The van der Waals surface area contributed by atoms with Gasteiger partial charge in [-0.25, -0.2) is 0 Å². The summed E-state index contributed by atoms with van der Waals surface area (Å²) in [5.74, 6) is 1.49. The molecule has 0 aliphatic heterocycles. The van der Waals surface area contributed by atoms with Gasteiger partial charge in [0.2, 0.25) is 0 Å². The highest BCUT2D eigenvalue weighted by atomic mass is 16.6. The van der Waals surface area contributed by atoms with Gasteiger partial charge in [0.25, 0.3) is 0 Å². The summed E-state index contributed by atoms with van der Waals surface area (Å²) in [6, 6.07) is 16.9. The first kappa shape index (κ1) is 18.4. The third-order valence-corrected chi connectivity index (χ3v) is 3.45. The van der Waals surface area contributed by atoms with E-state index >= 15 is 0 Å². The number of hydrogen-bond donors (Lipinski definition) is 1. The number of nitrogens with zero attached hydrogens (tertiary/aromatic N) is 1. The summed E-state index contributed by atoms with van der Waals surface area (Å²) in [6.07, 6.45) is 0. The van der Waals surface area contributed by atoms with E-state index in [2.05, 4.69) is 11.5 Å². The van der Waals surface area contributed by atoms with Crippen molar-refractivity contribution in [3.05, 3.63) is 65.2 Å². The first-order valence-corrected chi connectivity index (χ1v) is 7.96. The monoisotopic (exact) mass is 338 g/mol. The van der Waals surface area contributed by atoms with Gasteiger partial charge < -0.3 is 9.47 Å². The van der Waals surface area contributed by atoms with Crippen LogP contribution in [0.5, 0.6) is 11.5 Å². The third-order valence-electron chi connectivity index (χ3n) is 3.45. The first-order chi connectivity index (χ1) is 12.1. The van der Waals surface area contributed by atoms with Crippen LogP contribution in [0.15, 0.2) is 54.1 Å². The van der Waals surface area contributed by atoms with Gasteiger partial charge in [0, 0.05) is 5.56 Å². The summed E-state index contributed by atoms with van der Waals surface area (Å²) in [5, 5.41) is 8.76. The van der Waals surface area contributed by atoms with Crippen LogP contribution in [0.25, 0.3) is 5.70 Å². The Labute approximate surface area is 148 Å². The molecule has 0 spiro atoms. The van der Waals surface area contributed by atoms with Gasteiger partial charge in [0.1, 0.15) is 24.7 Å². The molecule has 0 saturated heterocycles. The first-order valence-electron chi connectivity index (χ1n) is 7.96. The molecule has 0 saturated carbocycles. The zero-order valence-corrected chi connectivity index (χ0v) is 14.7. The van der Waals surface area contributed by atoms with Crippen molar-refractivity contribution < 1.29 is 14.3 Å². The Morgan fingerprint density at radius 2 is 1.44 bits per heavy atom. The van der Waals surface area contributed by atoms with Gasteiger partial charge in [-0.1, -0.05) is 5.57 Å². The molecular weight excluding hydrogens is 316 g/mol. The Bertz CT molecular complexity index is 740. The summed E-state index contributed by atoms with van der Waals surface area (Å²) in [7, 11) is 1.59. The average Bonchev–Trinajstić information content (AvgIpc) is 2.64. The number of ether oxygens (including phenoxy) is 2. The molecule has 0 amide bonds. The smallest absolute Gasteiger partial charge is 0.122 e. The maximum absolute atomic E-state index is 8.76. The van der Waals surface area contributed by atoms with E-state index in [0.717, 1.165) is 28.3 Å². The molecule has 0 aliphatic carbocycles. The molecule has 130 valence electrons. The van der Waals surface area contributed by atoms with Crippen LogP contribution < -0.4 is 15.0 Å². The molecule has 0 aromatic heterocycles. The zero-order valence-electron chi connectivity index (χ0n) is 14.7. The van der Waals surface area contributed by atoms with Crippen molar-refractivity contribution in [1.29, 1.82) is 5.26 Å². The highest BCUT2D eigenvalue weighted by Crippen LogP contribution is 2.20. The molecule has 0 heterocycles. The highest BCUT2D eigenvalue weighted by Gasteiger charge is 2.04. The van der Waals surface area contributed by atoms with Crippen LogP contribution in [0.4, 0.5) is 0 Å². The summed E-state index contributed by atoms with van der Waals surface area (Å²) < 4.78 is 11.3. The van der Waals surface area contributed by atoms with Gasteiger partial charge >= 0.3 is 0 Å². The van der Waals surface area contributed by atoms with Crippen LogP contribution in [0.3, 0.4) is 0 Å². The fourth-order valence-corrected chi connectivity index (χ4v) is 2.21. The molecule has 0 radical (unpaired) electrons. The van der Waals surface area contributed by atoms with Crippen molar-refractivity contribution in [2.75, 3.05) is 20.3 Å². The average molecular weight is 338 g/mol. The van der Waals surface area contributed by atoms with Crippen molar-refractivity contribution in [2.45, 2.75) is 13.8 Å². The maximum Gasteiger partial charge on any atom is 0.122 e. The van der Waals surface area contributed by atoms with Crippen LogP contribution in [0.2, 0.25) is 0 Å². The molecule has 5 heteroatoms. The molecule has 0 atom stereocenters. The number of nitrogens with one attached hydrogen (secondary N) is 1. The van der Waals surface area contributed by atoms with Gasteiger partial charge in [-0.15, -0.1) is 0 Å². The van der Waals surface area contributed by atoms with Crippen molar-refractivity contribution in [3.63, 3.8) is 0 Å². The van der Waals surface area contributed by atoms with E-state index in [4.69, 9.17) is 19.6 Å². The molecule has 1 N–H and O–H groups in total. The Morgan fingerprint density at radius 1 is 0.920 bits per heavy atom. The maximum atomic E-state index is 8.76. The fourth-order valence-electron chi connectivity index (χ4n) is 2.21. The third kappa shape index (κ3) is 5.55. The van der Waals surface area contributed by atoms with Crippen LogP contribution >= 0.6 is 0 Å². The van der Waals surface area contributed by atoms with Gasteiger partial charge in [-0.2, -0.15) is 5.26 Å². The molecular formula is C20H22N2O3. The number of allylic oxidation sites excluding steroid dienone is 1. The Balaban J connectivity index is 1.83. The molecule has 25 heavy (non-hydrogen) atoms. The van der Waals surface area contributed by atoms with Crippen molar-refractivity contribution in [3.8, 4) is 17.6 Å². The number of hydroxylamine groups is 1. The number of benzene rings is 2. The molecule has 2 rings (SSSR count). The Hall–Kier alpha value is -2.97. The van der Waals surface area contributed by atoms with Gasteiger partial charge in [-0.3, -0.25) is 10.3 Å². The van der Waals surface area contributed by atoms with E-state index in [9.17, 15) is 0 Å². The van der Waals surface area contributed by atoms with E-state index in [1.807, 2.05) is 38.1 Å². The Kier molecular flexibility index (Phi) is 6.87. The lowest BCUT2D eigenvalue weighted by molar-refractivity contribution is 0.136. The number of hydrogen-bond acceptors (Lipinski definition) is 5. The second kappa shape index (κ2) is 9.36. The minimum absolute atomic E-state index is 0.429. The molecule has 2 aromatic rings. The van der Waals surface area contributed by atoms with E-state index in [1.54, 1.807) is 31.4 Å². The van der Waals surface area contributed by atoms with Crippen molar-refractivity contribution in [1.82, 2.24) is 5.48 Å². The SMILES string of the molecule is CONC(=C(C)C)c1ccc(OCCOc2ccc(C#N)cc2)cc1. The predicted molar refractivity (Wildman–Crippen MR) is 97.0 cm³/mol. The minimum Gasteiger partial charge on any atom is -0.490 e. The molecule has 0 aliphatic rings. The van der Waals surface area contributed by atoms with Crippen LogP contribution in [-0.4, -0.2) is 20.3 Å². The van der Waals surface area contributed by atoms with Gasteiger partial charge in [-0.05, 0) is 62.4 Å². The zero-order chi connectivity index (χ0) is 18.1. The largest absolute Gasteiger partial charge is 0.490 e. The molecule has 0 unspecified atom stereocenters. The summed E-state index contributed by atoms with van der Waals surface area (Å²) in [5.41, 5.74) is 6.61. The normalized spacial score (nSPS) is 9.84. The fraction of sp³-hybridized carbons (Fsp3) is 0.250. The molecule has 5 nitrogen and oxygen atoms in total. The molecule has 0 fully saturated rings. The minimum atomic E-state index is 0.429. The lowest BCUT2D eigenvalue weighted by Gasteiger charge is -2.12. The highest BCUT2D eigenvalue weighted by molar-refractivity contribution is 5.66. The lowest BCUT2D eigenvalue weighted by atomic mass is 10.1. The van der Waals surface area contributed by atoms with Crippen LogP contribution in [0.1, 0.15) is 25.0 Å². The number of rotatable bonds is 8. The second-order valence-electron chi connectivity index (χ2n) is 5.54. The van der Waals surface area contributed by atoms with Gasteiger partial charge in [0.05, 0.1) is 24.4 Å². The topological polar surface area (TPSA) is 63.5 Å². The quantitative estimate of drug-likeness (QED) is 0.584. The van der Waals surface area contributed by atoms with Crippen LogP contribution in [0, 0.1) is 11.3 Å². The Morgan fingerprint density at radius 3 is 1.88 bits per heavy atom. The van der Waals surface area contributed by atoms with Crippen molar-refractivity contribution in [2.24, 2.45) is 0 Å². The van der Waals surface area contributed by atoms with E-state index < -0.39 is 0 Å².